The van der Waals surface area contributed by atoms with Gasteiger partial charge in [-0.25, -0.2) is 0 Å². The third kappa shape index (κ3) is 3.23. The maximum absolute atomic E-state index is 9.70. The Morgan fingerprint density at radius 2 is 2.23 bits per heavy atom. The van der Waals surface area contributed by atoms with Crippen molar-refractivity contribution in [3.63, 3.8) is 0 Å². The first-order valence-corrected chi connectivity index (χ1v) is 4.97. The van der Waals surface area contributed by atoms with E-state index in [1.54, 1.807) is 6.26 Å². The van der Waals surface area contributed by atoms with Gasteiger partial charge in [0.15, 0.2) is 0 Å². The van der Waals surface area contributed by atoms with Crippen LogP contribution in [0.3, 0.4) is 0 Å². The van der Waals surface area contributed by atoms with Crippen LogP contribution in [-0.2, 0) is 0 Å². The zero-order chi connectivity index (χ0) is 9.68. The number of unbranched alkanes of at least 4 members (excludes halogenated alkanes) is 2. The summed E-state index contributed by atoms with van der Waals surface area (Å²) in [5.74, 6) is 0.865. The highest BCUT2D eigenvalue weighted by Gasteiger charge is 2.08. The van der Waals surface area contributed by atoms with Crippen molar-refractivity contribution in [2.45, 2.75) is 45.6 Å². The molecule has 0 amide bonds. The number of hydrogen-bond donors (Lipinski definition) is 1. The van der Waals surface area contributed by atoms with E-state index in [4.69, 9.17) is 4.42 Å². The van der Waals surface area contributed by atoms with Gasteiger partial charge in [-0.15, -0.1) is 0 Å². The monoisotopic (exact) mass is 182 g/mol. The molecule has 0 bridgehead atoms. The normalized spacial score (nSPS) is 13.2. The third-order valence-electron chi connectivity index (χ3n) is 2.22. The number of aryl methyl sites for hydroxylation is 1. The van der Waals surface area contributed by atoms with Crippen molar-refractivity contribution in [2.24, 2.45) is 0 Å². The lowest BCUT2D eigenvalue weighted by molar-refractivity contribution is 0.163. The summed E-state index contributed by atoms with van der Waals surface area (Å²) in [6.45, 7) is 4.05. The zero-order valence-electron chi connectivity index (χ0n) is 8.42. The molecule has 2 heteroatoms. The van der Waals surface area contributed by atoms with Crippen LogP contribution in [0.1, 0.15) is 50.0 Å². The van der Waals surface area contributed by atoms with Crippen LogP contribution >= 0.6 is 0 Å². The molecule has 1 N–H and O–H groups in total. The molecule has 0 aliphatic rings. The van der Waals surface area contributed by atoms with Crippen molar-refractivity contribution in [3.05, 3.63) is 23.7 Å². The molecule has 1 atom stereocenters. The molecule has 0 radical (unpaired) electrons. The Hall–Kier alpha value is -0.760. The van der Waals surface area contributed by atoms with Crippen LogP contribution in [0, 0.1) is 6.92 Å². The largest absolute Gasteiger partial charge is 0.469 e. The Kier molecular flexibility index (Phi) is 4.03. The second-order valence-corrected chi connectivity index (χ2v) is 3.50. The minimum Gasteiger partial charge on any atom is -0.469 e. The van der Waals surface area contributed by atoms with E-state index in [2.05, 4.69) is 6.92 Å². The number of aliphatic hydroxyl groups excluding tert-OH is 1. The quantitative estimate of drug-likeness (QED) is 0.709. The van der Waals surface area contributed by atoms with Gasteiger partial charge in [-0.1, -0.05) is 26.2 Å². The first-order valence-electron chi connectivity index (χ1n) is 4.97. The average molecular weight is 182 g/mol. The van der Waals surface area contributed by atoms with Gasteiger partial charge in [0.2, 0.25) is 0 Å². The SMILES string of the molecule is CCCCCC(O)c1coc(C)c1. The van der Waals surface area contributed by atoms with Gasteiger partial charge in [-0.05, 0) is 19.4 Å². The van der Waals surface area contributed by atoms with Crippen molar-refractivity contribution in [1.29, 1.82) is 0 Å². The Morgan fingerprint density at radius 1 is 1.46 bits per heavy atom. The number of rotatable bonds is 5. The Balaban J connectivity index is 2.35. The average Bonchev–Trinajstić information content (AvgIpc) is 2.52. The second kappa shape index (κ2) is 5.07. The summed E-state index contributed by atoms with van der Waals surface area (Å²) < 4.78 is 5.13. The highest BCUT2D eigenvalue weighted by Crippen LogP contribution is 2.21. The molecule has 1 unspecified atom stereocenters. The molecule has 0 aromatic carbocycles. The van der Waals surface area contributed by atoms with Gasteiger partial charge < -0.3 is 9.52 Å². The molecular weight excluding hydrogens is 164 g/mol. The van der Waals surface area contributed by atoms with Gasteiger partial charge in [-0.2, -0.15) is 0 Å². The summed E-state index contributed by atoms with van der Waals surface area (Å²) in [6, 6.07) is 1.90. The lowest BCUT2D eigenvalue weighted by atomic mass is 10.1. The lowest BCUT2D eigenvalue weighted by Gasteiger charge is -2.06. The molecule has 1 aromatic rings. The first-order chi connectivity index (χ1) is 6.24. The van der Waals surface area contributed by atoms with E-state index in [9.17, 15) is 5.11 Å². The van der Waals surface area contributed by atoms with Crippen LogP contribution in [0.25, 0.3) is 0 Å². The van der Waals surface area contributed by atoms with Crippen molar-refractivity contribution in [2.75, 3.05) is 0 Å². The molecule has 2 nitrogen and oxygen atoms in total. The fourth-order valence-corrected chi connectivity index (χ4v) is 1.39. The topological polar surface area (TPSA) is 33.4 Å². The van der Waals surface area contributed by atoms with Crippen LogP contribution in [-0.4, -0.2) is 5.11 Å². The maximum Gasteiger partial charge on any atom is 0.101 e. The van der Waals surface area contributed by atoms with Gasteiger partial charge in [0.1, 0.15) is 5.76 Å². The molecule has 1 aromatic heterocycles. The van der Waals surface area contributed by atoms with E-state index in [0.717, 1.165) is 24.2 Å². The van der Waals surface area contributed by atoms with Gasteiger partial charge in [0.05, 0.1) is 12.4 Å². The minimum absolute atomic E-state index is 0.344. The molecule has 1 rings (SSSR count). The third-order valence-corrected chi connectivity index (χ3v) is 2.22. The van der Waals surface area contributed by atoms with Gasteiger partial charge >= 0.3 is 0 Å². The van der Waals surface area contributed by atoms with Gasteiger partial charge in [0, 0.05) is 5.56 Å². The first kappa shape index (κ1) is 10.3. The lowest BCUT2D eigenvalue weighted by Crippen LogP contribution is -1.94. The van der Waals surface area contributed by atoms with Crippen LogP contribution in [0.5, 0.6) is 0 Å². The molecule has 0 aliphatic carbocycles. The Morgan fingerprint density at radius 3 is 2.77 bits per heavy atom. The molecule has 0 saturated carbocycles. The second-order valence-electron chi connectivity index (χ2n) is 3.50. The smallest absolute Gasteiger partial charge is 0.101 e. The Labute approximate surface area is 79.6 Å². The summed E-state index contributed by atoms with van der Waals surface area (Å²) >= 11 is 0. The molecule has 1 heterocycles. The Bertz CT molecular complexity index is 240. The summed E-state index contributed by atoms with van der Waals surface area (Å²) in [6.07, 6.45) is 5.61. The molecule has 0 fully saturated rings. The standard InChI is InChI=1S/C11H18O2/c1-3-4-5-6-11(12)10-7-9(2)13-8-10/h7-8,11-12H,3-6H2,1-2H3. The minimum atomic E-state index is -0.344. The molecule has 74 valence electrons. The molecular formula is C11H18O2. The van der Waals surface area contributed by atoms with E-state index in [1.165, 1.54) is 12.8 Å². The van der Waals surface area contributed by atoms with E-state index < -0.39 is 0 Å². The van der Waals surface area contributed by atoms with E-state index in [1.807, 2.05) is 13.0 Å². The van der Waals surface area contributed by atoms with Gasteiger partial charge in [-0.3, -0.25) is 0 Å². The molecule has 0 spiro atoms. The highest BCUT2D eigenvalue weighted by molar-refractivity contribution is 5.14. The van der Waals surface area contributed by atoms with Crippen LogP contribution in [0.4, 0.5) is 0 Å². The van der Waals surface area contributed by atoms with Crippen molar-refractivity contribution < 1.29 is 9.52 Å². The number of furan rings is 1. The summed E-state index contributed by atoms with van der Waals surface area (Å²) in [5, 5.41) is 9.70. The van der Waals surface area contributed by atoms with E-state index in [-0.39, 0.29) is 6.10 Å². The summed E-state index contributed by atoms with van der Waals surface area (Å²) in [7, 11) is 0. The summed E-state index contributed by atoms with van der Waals surface area (Å²) in [4.78, 5) is 0. The predicted molar refractivity (Wildman–Crippen MR) is 52.5 cm³/mol. The molecule has 13 heavy (non-hydrogen) atoms. The number of aliphatic hydroxyl groups is 1. The van der Waals surface area contributed by atoms with E-state index >= 15 is 0 Å². The molecule has 0 saturated heterocycles. The van der Waals surface area contributed by atoms with Gasteiger partial charge in [0.25, 0.3) is 0 Å². The van der Waals surface area contributed by atoms with Crippen molar-refractivity contribution in [3.8, 4) is 0 Å². The van der Waals surface area contributed by atoms with Crippen LogP contribution in [0.2, 0.25) is 0 Å². The fraction of sp³-hybridized carbons (Fsp3) is 0.636. The van der Waals surface area contributed by atoms with Crippen LogP contribution in [0.15, 0.2) is 16.7 Å². The predicted octanol–water partition coefficient (Wildman–Crippen LogP) is 3.20. The van der Waals surface area contributed by atoms with Crippen LogP contribution < -0.4 is 0 Å². The maximum atomic E-state index is 9.70. The highest BCUT2D eigenvalue weighted by atomic mass is 16.3. The summed E-state index contributed by atoms with van der Waals surface area (Å²) in [5.41, 5.74) is 0.911. The zero-order valence-corrected chi connectivity index (χ0v) is 8.42. The number of hydrogen-bond acceptors (Lipinski definition) is 2. The molecule has 0 aliphatic heterocycles. The van der Waals surface area contributed by atoms with E-state index in [0.29, 0.717) is 0 Å². The van der Waals surface area contributed by atoms with Crippen molar-refractivity contribution >= 4 is 0 Å². The fourth-order valence-electron chi connectivity index (χ4n) is 1.39. The van der Waals surface area contributed by atoms with Crippen molar-refractivity contribution in [1.82, 2.24) is 0 Å².